The molecule has 0 fully saturated rings. The molecule has 1 unspecified atom stereocenters. The van der Waals surface area contributed by atoms with E-state index in [-0.39, 0.29) is 12.1 Å². The summed E-state index contributed by atoms with van der Waals surface area (Å²) in [7, 11) is 0. The maximum absolute atomic E-state index is 13.3. The fraction of sp³-hybridized carbons (Fsp3) is 0.385. The summed E-state index contributed by atoms with van der Waals surface area (Å²) >= 11 is 0. The van der Waals surface area contributed by atoms with Gasteiger partial charge in [-0.1, -0.05) is 6.07 Å². The van der Waals surface area contributed by atoms with Crippen molar-refractivity contribution in [1.29, 1.82) is 0 Å². The van der Waals surface area contributed by atoms with Crippen molar-refractivity contribution in [2.24, 2.45) is 0 Å². The van der Waals surface area contributed by atoms with Crippen molar-refractivity contribution in [2.75, 3.05) is 6.54 Å². The first-order valence-electron chi connectivity index (χ1n) is 5.85. The van der Waals surface area contributed by atoms with E-state index in [0.29, 0.717) is 0 Å². The number of carboxylic acids is 1. The molecule has 1 atom stereocenters. The molecule has 110 valence electrons. The van der Waals surface area contributed by atoms with Crippen LogP contribution in [0, 0.1) is 11.6 Å². The highest BCUT2D eigenvalue weighted by Crippen LogP contribution is 2.13. The van der Waals surface area contributed by atoms with E-state index in [1.54, 1.807) is 0 Å². The maximum atomic E-state index is 13.3. The number of benzene rings is 1. The first-order valence-corrected chi connectivity index (χ1v) is 5.85. The van der Waals surface area contributed by atoms with Gasteiger partial charge in [-0.25, -0.2) is 8.78 Å². The van der Waals surface area contributed by atoms with Crippen LogP contribution >= 0.6 is 0 Å². The van der Waals surface area contributed by atoms with Gasteiger partial charge in [0.05, 0.1) is 18.4 Å². The molecule has 0 spiro atoms. The quantitative estimate of drug-likeness (QED) is 0.724. The van der Waals surface area contributed by atoms with Crippen LogP contribution in [0.5, 0.6) is 0 Å². The predicted octanol–water partition coefficient (Wildman–Crippen LogP) is 0.849. The van der Waals surface area contributed by atoms with E-state index in [1.807, 2.05) is 0 Å². The molecule has 5 nitrogen and oxygen atoms in total. The molecular formula is C13H15F2NO4. The minimum absolute atomic E-state index is 0.325. The van der Waals surface area contributed by atoms with E-state index in [4.69, 9.17) is 5.11 Å². The van der Waals surface area contributed by atoms with Crippen molar-refractivity contribution < 1.29 is 28.6 Å². The lowest BCUT2D eigenvalue weighted by Gasteiger charge is -2.21. The number of carbonyl (C=O) groups excluding carboxylic acids is 1. The van der Waals surface area contributed by atoms with E-state index in [2.05, 4.69) is 5.32 Å². The van der Waals surface area contributed by atoms with Crippen LogP contribution in [-0.4, -0.2) is 34.2 Å². The van der Waals surface area contributed by atoms with Crippen molar-refractivity contribution in [3.8, 4) is 0 Å². The molecule has 1 aromatic rings. The second kappa shape index (κ2) is 6.42. The van der Waals surface area contributed by atoms with E-state index in [1.165, 1.54) is 13.0 Å². The third kappa shape index (κ3) is 4.93. The van der Waals surface area contributed by atoms with E-state index < -0.39 is 42.0 Å². The minimum atomic E-state index is -1.63. The molecule has 0 aliphatic heterocycles. The van der Waals surface area contributed by atoms with Gasteiger partial charge in [-0.2, -0.15) is 0 Å². The molecule has 0 bridgehead atoms. The Labute approximate surface area is 114 Å². The van der Waals surface area contributed by atoms with Crippen LogP contribution in [0.2, 0.25) is 0 Å². The summed E-state index contributed by atoms with van der Waals surface area (Å²) in [6.07, 6.45) is -1.08. The van der Waals surface area contributed by atoms with Crippen molar-refractivity contribution in [1.82, 2.24) is 5.32 Å². The Balaban J connectivity index is 2.59. The second-order valence-corrected chi connectivity index (χ2v) is 4.72. The van der Waals surface area contributed by atoms with Crippen LogP contribution in [0.3, 0.4) is 0 Å². The number of rotatable bonds is 6. The topological polar surface area (TPSA) is 86.6 Å². The Kier molecular flexibility index (Phi) is 5.15. The predicted molar refractivity (Wildman–Crippen MR) is 65.9 cm³/mol. The molecule has 7 heteroatoms. The van der Waals surface area contributed by atoms with Crippen molar-refractivity contribution in [3.05, 3.63) is 35.4 Å². The average Bonchev–Trinajstić information content (AvgIpc) is 2.30. The van der Waals surface area contributed by atoms with Crippen LogP contribution in [-0.2, 0) is 16.0 Å². The molecule has 1 amide bonds. The number of amides is 1. The lowest BCUT2D eigenvalue weighted by molar-refractivity contribution is -0.142. The van der Waals surface area contributed by atoms with Crippen molar-refractivity contribution >= 4 is 11.9 Å². The van der Waals surface area contributed by atoms with Crippen LogP contribution in [0.1, 0.15) is 18.9 Å². The van der Waals surface area contributed by atoms with E-state index in [0.717, 1.165) is 12.1 Å². The number of carbonyl (C=O) groups is 2. The van der Waals surface area contributed by atoms with Gasteiger partial charge in [0.25, 0.3) is 0 Å². The average molecular weight is 287 g/mol. The molecule has 0 aliphatic rings. The summed E-state index contributed by atoms with van der Waals surface area (Å²) in [6, 6.07) is 3.25. The second-order valence-electron chi connectivity index (χ2n) is 4.72. The van der Waals surface area contributed by atoms with Crippen LogP contribution < -0.4 is 5.32 Å². The molecule has 0 aliphatic carbocycles. The maximum Gasteiger partial charge on any atom is 0.306 e. The standard InChI is InChI=1S/C13H15F2NO4/c1-13(20,6-12(18)19)7-16-11(17)5-8-9(14)3-2-4-10(8)15/h2-4,20H,5-7H2,1H3,(H,16,17)(H,18,19). The summed E-state index contributed by atoms with van der Waals surface area (Å²) in [5.74, 6) is -3.60. The first kappa shape index (κ1) is 16.0. The summed E-state index contributed by atoms with van der Waals surface area (Å²) in [4.78, 5) is 22.0. The number of hydrogen-bond acceptors (Lipinski definition) is 3. The van der Waals surface area contributed by atoms with E-state index >= 15 is 0 Å². The van der Waals surface area contributed by atoms with Crippen LogP contribution in [0.4, 0.5) is 8.78 Å². The lowest BCUT2D eigenvalue weighted by Crippen LogP contribution is -2.42. The third-order valence-electron chi connectivity index (χ3n) is 2.60. The highest BCUT2D eigenvalue weighted by atomic mass is 19.1. The largest absolute Gasteiger partial charge is 0.481 e. The SMILES string of the molecule is CC(O)(CNC(=O)Cc1c(F)cccc1F)CC(=O)O. The van der Waals surface area contributed by atoms with Gasteiger partial charge in [0.1, 0.15) is 11.6 Å². The zero-order valence-electron chi connectivity index (χ0n) is 10.8. The smallest absolute Gasteiger partial charge is 0.306 e. The van der Waals surface area contributed by atoms with Gasteiger partial charge in [-0.3, -0.25) is 9.59 Å². The van der Waals surface area contributed by atoms with E-state index in [9.17, 15) is 23.5 Å². The molecular weight excluding hydrogens is 272 g/mol. The summed E-state index contributed by atoms with van der Waals surface area (Å²) < 4.78 is 26.6. The third-order valence-corrected chi connectivity index (χ3v) is 2.60. The Morgan fingerprint density at radius 3 is 2.35 bits per heavy atom. The molecule has 0 saturated carbocycles. The van der Waals surface area contributed by atoms with Crippen LogP contribution in [0.25, 0.3) is 0 Å². The van der Waals surface area contributed by atoms with Crippen molar-refractivity contribution in [3.63, 3.8) is 0 Å². The number of halogens is 2. The molecule has 1 rings (SSSR count). The number of aliphatic hydroxyl groups is 1. The van der Waals surface area contributed by atoms with Gasteiger partial charge < -0.3 is 15.5 Å². The first-order chi connectivity index (χ1) is 9.21. The molecule has 3 N–H and O–H groups in total. The molecule has 20 heavy (non-hydrogen) atoms. The van der Waals surface area contributed by atoms with Crippen molar-refractivity contribution in [2.45, 2.75) is 25.4 Å². The molecule has 0 aromatic heterocycles. The number of hydrogen-bond donors (Lipinski definition) is 3. The highest BCUT2D eigenvalue weighted by Gasteiger charge is 2.25. The Hall–Kier alpha value is -2.02. The lowest BCUT2D eigenvalue weighted by atomic mass is 10.0. The normalized spacial score (nSPS) is 13.6. The Morgan fingerprint density at radius 1 is 1.30 bits per heavy atom. The molecule has 0 heterocycles. The van der Waals surface area contributed by atoms with Gasteiger partial charge in [0, 0.05) is 12.1 Å². The zero-order valence-corrected chi connectivity index (χ0v) is 10.8. The van der Waals surface area contributed by atoms with Gasteiger partial charge in [0.2, 0.25) is 5.91 Å². The fourth-order valence-corrected chi connectivity index (χ4v) is 1.60. The zero-order chi connectivity index (χ0) is 15.3. The number of aliphatic carboxylic acids is 1. The summed E-state index contributed by atoms with van der Waals surface area (Å²) in [5.41, 5.74) is -2.00. The number of nitrogens with one attached hydrogen (secondary N) is 1. The molecule has 1 aromatic carbocycles. The molecule has 0 saturated heterocycles. The summed E-state index contributed by atoms with van der Waals surface area (Å²) in [6.45, 7) is 0.916. The van der Waals surface area contributed by atoms with Gasteiger partial charge in [-0.05, 0) is 19.1 Å². The number of carboxylic acid groups (broad SMARTS) is 1. The van der Waals surface area contributed by atoms with Gasteiger partial charge >= 0.3 is 5.97 Å². The summed E-state index contributed by atoms with van der Waals surface area (Å²) in [5, 5.41) is 20.5. The Bertz CT molecular complexity index is 497. The highest BCUT2D eigenvalue weighted by molar-refractivity contribution is 5.78. The van der Waals surface area contributed by atoms with Gasteiger partial charge in [0.15, 0.2) is 0 Å². The minimum Gasteiger partial charge on any atom is -0.481 e. The fourth-order valence-electron chi connectivity index (χ4n) is 1.60. The Morgan fingerprint density at radius 2 is 1.85 bits per heavy atom. The van der Waals surface area contributed by atoms with Gasteiger partial charge in [-0.15, -0.1) is 0 Å². The van der Waals surface area contributed by atoms with Crippen LogP contribution in [0.15, 0.2) is 18.2 Å². The monoisotopic (exact) mass is 287 g/mol. The molecule has 0 radical (unpaired) electrons.